The number of carbonyl (C=O) groups excluding carboxylic acids is 1. The second-order valence-electron chi connectivity index (χ2n) is 9.49. The summed E-state index contributed by atoms with van der Waals surface area (Å²) in [5, 5.41) is 26.1. The van der Waals surface area contributed by atoms with E-state index in [0.717, 1.165) is 0 Å². The standard InChI is InChI=1S/C24H27N6O7PS/c1-5-23(32)22(30-12-28-16-19(25)26-11-27-20(16)30)35-17-18(24(17,23)33)37-38(39,36-15-9-7-6-8-10-15)29-14(4)21(31)34-13(2)3/h1,6-14,17-18,22,32-33H,2-4H3,(H,29,39)(H2,25,26,27)/t14?,17-,18?,22-,23+,24+,38?/m1/s1. The van der Waals surface area contributed by atoms with Crippen LogP contribution in [0, 0.1) is 12.3 Å². The van der Waals surface area contributed by atoms with Crippen LogP contribution in [-0.4, -0.2) is 71.3 Å². The van der Waals surface area contributed by atoms with Crippen molar-refractivity contribution in [2.45, 2.75) is 62.6 Å². The number of rotatable bonds is 9. The van der Waals surface area contributed by atoms with Crippen molar-refractivity contribution in [2.24, 2.45) is 0 Å². The number of anilines is 1. The Morgan fingerprint density at radius 3 is 2.67 bits per heavy atom. The van der Waals surface area contributed by atoms with Crippen LogP contribution in [0.2, 0.25) is 0 Å². The highest BCUT2D eigenvalue weighted by Crippen LogP contribution is 2.65. The lowest BCUT2D eigenvalue weighted by Gasteiger charge is -2.33. The minimum Gasteiger partial charge on any atom is -0.462 e. The molecule has 5 rings (SSSR count). The lowest BCUT2D eigenvalue weighted by atomic mass is 9.94. The van der Waals surface area contributed by atoms with Gasteiger partial charge in [-0.05, 0) is 44.7 Å². The van der Waals surface area contributed by atoms with Gasteiger partial charge >= 0.3 is 12.6 Å². The van der Waals surface area contributed by atoms with E-state index in [1.165, 1.54) is 17.2 Å². The van der Waals surface area contributed by atoms with E-state index >= 15 is 0 Å². The van der Waals surface area contributed by atoms with Crippen LogP contribution in [-0.2, 0) is 30.6 Å². The molecule has 15 heteroatoms. The molecule has 1 aliphatic carbocycles. The molecule has 0 amide bonds. The third-order valence-corrected chi connectivity index (χ3v) is 8.87. The lowest BCUT2D eigenvalue weighted by molar-refractivity contribution is -0.149. The molecule has 0 radical (unpaired) electrons. The molecule has 7 atom stereocenters. The summed E-state index contributed by atoms with van der Waals surface area (Å²) in [6, 6.07) is 7.67. The number of hydrogen-bond acceptors (Lipinski definition) is 12. The zero-order valence-corrected chi connectivity index (χ0v) is 22.9. The summed E-state index contributed by atoms with van der Waals surface area (Å²) in [4.78, 5) is 24.7. The number of nitrogens with two attached hydrogens (primary N) is 1. The van der Waals surface area contributed by atoms with Gasteiger partial charge in [-0.25, -0.2) is 20.0 Å². The summed E-state index contributed by atoms with van der Waals surface area (Å²) in [6.45, 7) is 1.42. The van der Waals surface area contributed by atoms with E-state index in [-0.39, 0.29) is 23.1 Å². The Bertz CT molecular complexity index is 1500. The second kappa shape index (κ2) is 9.79. The summed E-state index contributed by atoms with van der Waals surface area (Å²) < 4.78 is 24.7. The SMILES string of the molecule is C#C[C@]1(O)[C@H](n2cnc3c(N)ncnc32)O[C@@H]2C(OP(=S)(NC(C)C(=O)OC(C)C)Oc3ccccc3)[C@@]21O. The molecular formula is C24H27N6O7PS. The molecule has 0 bridgehead atoms. The van der Waals surface area contributed by atoms with Crippen LogP contribution in [0.15, 0.2) is 43.0 Å². The summed E-state index contributed by atoms with van der Waals surface area (Å²) >= 11 is 5.74. The third-order valence-electron chi connectivity index (χ3n) is 6.41. The fourth-order valence-electron chi connectivity index (χ4n) is 4.46. The summed E-state index contributed by atoms with van der Waals surface area (Å²) in [5.74, 6) is 2.18. The van der Waals surface area contributed by atoms with Crippen LogP contribution < -0.4 is 15.3 Å². The van der Waals surface area contributed by atoms with Crippen molar-refractivity contribution < 1.29 is 33.5 Å². The second-order valence-corrected chi connectivity index (χ2v) is 12.6. The van der Waals surface area contributed by atoms with Crippen LogP contribution in [0.3, 0.4) is 0 Å². The van der Waals surface area contributed by atoms with Crippen molar-refractivity contribution in [3.8, 4) is 18.1 Å². The molecule has 2 aliphatic rings. The largest absolute Gasteiger partial charge is 0.462 e. The molecule has 13 nitrogen and oxygen atoms in total. The maximum Gasteiger partial charge on any atom is 0.323 e. The number of terminal acetylenes is 1. The van der Waals surface area contributed by atoms with Crippen molar-refractivity contribution in [1.82, 2.24) is 24.6 Å². The van der Waals surface area contributed by atoms with Gasteiger partial charge in [0.25, 0.3) is 0 Å². The molecule has 1 aromatic carbocycles. The number of nitrogens with zero attached hydrogens (tertiary/aromatic N) is 4. The smallest absolute Gasteiger partial charge is 0.323 e. The van der Waals surface area contributed by atoms with Crippen LogP contribution in [0.4, 0.5) is 5.82 Å². The molecule has 3 aromatic rings. The predicted octanol–water partition coefficient (Wildman–Crippen LogP) is 1.03. The van der Waals surface area contributed by atoms with E-state index in [1.54, 1.807) is 51.1 Å². The fourth-order valence-corrected chi connectivity index (χ4v) is 7.18. The van der Waals surface area contributed by atoms with Gasteiger partial charge in [0.05, 0.1) is 12.4 Å². The highest BCUT2D eigenvalue weighted by Gasteiger charge is 2.85. The Morgan fingerprint density at radius 1 is 1.28 bits per heavy atom. The maximum absolute atomic E-state index is 12.5. The predicted molar refractivity (Wildman–Crippen MR) is 142 cm³/mol. The van der Waals surface area contributed by atoms with Gasteiger partial charge < -0.3 is 29.9 Å². The Morgan fingerprint density at radius 2 is 2.00 bits per heavy atom. The number of carbonyl (C=O) groups is 1. The van der Waals surface area contributed by atoms with Crippen molar-refractivity contribution in [1.29, 1.82) is 0 Å². The van der Waals surface area contributed by atoms with Gasteiger partial charge in [-0.1, -0.05) is 24.1 Å². The molecule has 3 unspecified atom stereocenters. The first-order chi connectivity index (χ1) is 18.4. The molecule has 0 spiro atoms. The van der Waals surface area contributed by atoms with E-state index in [4.69, 9.17) is 42.5 Å². The highest BCUT2D eigenvalue weighted by atomic mass is 32.5. The van der Waals surface area contributed by atoms with Crippen LogP contribution in [0.25, 0.3) is 11.2 Å². The normalized spacial score (nSPS) is 29.8. The van der Waals surface area contributed by atoms with E-state index in [1.807, 2.05) is 0 Å². The molecule has 3 heterocycles. The number of imidazole rings is 1. The molecule has 1 saturated carbocycles. The van der Waals surface area contributed by atoms with Crippen LogP contribution in [0.5, 0.6) is 5.75 Å². The zero-order chi connectivity index (χ0) is 28.2. The number of benzene rings is 1. The third kappa shape index (κ3) is 4.56. The lowest BCUT2D eigenvalue weighted by Crippen LogP contribution is -2.50. The molecule has 1 aliphatic heterocycles. The Balaban J connectivity index is 1.42. The van der Waals surface area contributed by atoms with Gasteiger partial charge in [-0.2, -0.15) is 0 Å². The van der Waals surface area contributed by atoms with E-state index < -0.39 is 48.3 Å². The molecule has 5 N–H and O–H groups in total. The Kier molecular flexibility index (Phi) is 6.89. The first kappa shape index (κ1) is 27.4. The fraction of sp³-hybridized carbons (Fsp3) is 0.417. The molecular weight excluding hydrogens is 547 g/mol. The topological polar surface area (TPSA) is 176 Å². The first-order valence-corrected chi connectivity index (χ1v) is 14.6. The summed E-state index contributed by atoms with van der Waals surface area (Å²) in [5.41, 5.74) is 2.04. The van der Waals surface area contributed by atoms with Gasteiger partial charge in [0.1, 0.15) is 35.8 Å². The number of hydrogen-bond donors (Lipinski definition) is 4. The molecule has 206 valence electrons. The van der Waals surface area contributed by atoms with Gasteiger partial charge in [0.2, 0.25) is 5.60 Å². The molecule has 2 fully saturated rings. The van der Waals surface area contributed by atoms with Crippen molar-refractivity contribution in [3.05, 3.63) is 43.0 Å². The van der Waals surface area contributed by atoms with E-state index in [0.29, 0.717) is 5.75 Å². The van der Waals surface area contributed by atoms with E-state index in [2.05, 4.69) is 26.0 Å². The quantitative estimate of drug-likeness (QED) is 0.162. The first-order valence-electron chi connectivity index (χ1n) is 12.0. The number of nitrogens with one attached hydrogen (secondary N) is 1. The van der Waals surface area contributed by atoms with Crippen molar-refractivity contribution in [2.75, 3.05) is 5.73 Å². The van der Waals surface area contributed by atoms with E-state index in [9.17, 15) is 15.0 Å². The number of nitrogen functional groups attached to an aromatic ring is 1. The van der Waals surface area contributed by atoms with Gasteiger partial charge in [0.15, 0.2) is 23.3 Å². The van der Waals surface area contributed by atoms with Gasteiger partial charge in [-0.3, -0.25) is 13.9 Å². The zero-order valence-electron chi connectivity index (χ0n) is 21.2. The number of para-hydroxylation sites is 1. The molecule has 39 heavy (non-hydrogen) atoms. The number of aliphatic hydroxyl groups is 2. The Hall–Kier alpha value is -3.15. The van der Waals surface area contributed by atoms with Gasteiger partial charge in [-0.15, -0.1) is 6.42 Å². The average Bonchev–Trinajstić information content (AvgIpc) is 3.16. The van der Waals surface area contributed by atoms with Crippen LogP contribution in [0.1, 0.15) is 27.0 Å². The monoisotopic (exact) mass is 574 g/mol. The molecule has 1 saturated heterocycles. The number of ether oxygens (including phenoxy) is 2. The van der Waals surface area contributed by atoms with Crippen molar-refractivity contribution >= 4 is 41.4 Å². The summed E-state index contributed by atoms with van der Waals surface area (Å²) in [7, 11) is 0. The molecule has 2 aromatic heterocycles. The number of aromatic nitrogens is 4. The summed E-state index contributed by atoms with van der Waals surface area (Å²) in [6.07, 6.45) is 4.39. The minimum absolute atomic E-state index is 0.126. The average molecular weight is 575 g/mol. The highest BCUT2D eigenvalue weighted by molar-refractivity contribution is 8.09. The Labute approximate surface area is 228 Å². The maximum atomic E-state index is 12.5. The number of esters is 1. The minimum atomic E-state index is -3.57. The van der Waals surface area contributed by atoms with Crippen LogP contribution >= 0.6 is 6.64 Å². The number of fused-ring (bicyclic) bond motifs is 2. The van der Waals surface area contributed by atoms with Gasteiger partial charge in [0, 0.05) is 0 Å². The van der Waals surface area contributed by atoms with Crippen molar-refractivity contribution in [3.63, 3.8) is 0 Å².